The highest BCUT2D eigenvalue weighted by atomic mass is 79.9. The van der Waals surface area contributed by atoms with Crippen molar-refractivity contribution < 1.29 is 14.7 Å². The van der Waals surface area contributed by atoms with E-state index >= 15 is 0 Å². The van der Waals surface area contributed by atoms with Crippen molar-refractivity contribution in [2.75, 3.05) is 12.0 Å². The number of hydrogen-bond acceptors (Lipinski definition) is 3. The molecule has 1 aromatic rings. The van der Waals surface area contributed by atoms with Gasteiger partial charge >= 0.3 is 5.97 Å². The minimum Gasteiger partial charge on any atom is -0.480 e. The van der Waals surface area contributed by atoms with E-state index in [0.717, 1.165) is 4.47 Å². The van der Waals surface area contributed by atoms with Gasteiger partial charge in [0.05, 0.1) is 0 Å². The van der Waals surface area contributed by atoms with Crippen LogP contribution in [0, 0.1) is 0 Å². The van der Waals surface area contributed by atoms with Crippen LogP contribution in [0.3, 0.4) is 0 Å². The molecule has 0 saturated carbocycles. The summed E-state index contributed by atoms with van der Waals surface area (Å²) in [6, 6.07) is 0.962. The largest absolute Gasteiger partial charge is 0.480 e. The van der Waals surface area contributed by atoms with Crippen molar-refractivity contribution in [3.05, 3.63) is 22.4 Å². The Bertz CT molecular complexity index is 488. The van der Waals surface area contributed by atoms with Crippen LogP contribution in [0.15, 0.2) is 16.7 Å². The molecule has 0 radical (unpaired) electrons. The molecular formula is C13H19BrN2O3S. The lowest BCUT2D eigenvalue weighted by Crippen LogP contribution is -2.41. The van der Waals surface area contributed by atoms with Crippen LogP contribution in [0.5, 0.6) is 0 Å². The number of carbonyl (C=O) groups excluding carboxylic acids is 1. The molecule has 0 aliphatic heterocycles. The Morgan fingerprint density at radius 3 is 2.65 bits per heavy atom. The molecule has 7 heteroatoms. The maximum atomic E-state index is 12.2. The van der Waals surface area contributed by atoms with Crippen molar-refractivity contribution >= 4 is 39.6 Å². The highest BCUT2D eigenvalue weighted by molar-refractivity contribution is 9.10. The number of thioether (sulfide) groups is 1. The fourth-order valence-electron chi connectivity index (χ4n) is 1.78. The van der Waals surface area contributed by atoms with Crippen LogP contribution < -0.4 is 5.32 Å². The van der Waals surface area contributed by atoms with Crippen molar-refractivity contribution in [3.8, 4) is 0 Å². The Balaban J connectivity index is 2.86. The number of carbonyl (C=O) groups is 2. The van der Waals surface area contributed by atoms with Gasteiger partial charge in [-0.05, 0) is 54.3 Å². The lowest BCUT2D eigenvalue weighted by Gasteiger charge is -2.16. The molecule has 0 aliphatic carbocycles. The number of carboxylic acids is 1. The van der Waals surface area contributed by atoms with Gasteiger partial charge in [-0.25, -0.2) is 4.79 Å². The lowest BCUT2D eigenvalue weighted by atomic mass is 10.2. The Kier molecular flexibility index (Phi) is 6.61. The molecule has 20 heavy (non-hydrogen) atoms. The molecule has 0 fully saturated rings. The fourth-order valence-corrected chi connectivity index (χ4v) is 2.69. The van der Waals surface area contributed by atoms with Crippen LogP contribution in [0.2, 0.25) is 0 Å². The summed E-state index contributed by atoms with van der Waals surface area (Å²) >= 11 is 4.89. The maximum Gasteiger partial charge on any atom is 0.326 e. The van der Waals surface area contributed by atoms with Crippen LogP contribution in [0.4, 0.5) is 0 Å². The second-order valence-electron chi connectivity index (χ2n) is 4.69. The topological polar surface area (TPSA) is 71.3 Å². The van der Waals surface area contributed by atoms with E-state index in [-0.39, 0.29) is 11.9 Å². The number of nitrogens with one attached hydrogen (secondary N) is 1. The van der Waals surface area contributed by atoms with Crippen molar-refractivity contribution in [1.82, 2.24) is 9.88 Å². The SMILES string of the molecule is CSCC[C@H](NC(=O)c1cc(Br)cn1C(C)C)C(=O)O. The number of aromatic nitrogens is 1. The minimum atomic E-state index is -1.01. The lowest BCUT2D eigenvalue weighted by molar-refractivity contribution is -0.139. The number of carboxylic acid groups (broad SMARTS) is 1. The van der Waals surface area contributed by atoms with E-state index in [9.17, 15) is 9.59 Å². The minimum absolute atomic E-state index is 0.122. The van der Waals surface area contributed by atoms with E-state index in [1.54, 1.807) is 17.8 Å². The third kappa shape index (κ3) is 4.56. The Labute approximate surface area is 131 Å². The number of aliphatic carboxylic acids is 1. The van der Waals surface area contributed by atoms with Gasteiger partial charge in [0.1, 0.15) is 11.7 Å². The standard InChI is InChI=1S/C13H19BrN2O3S/c1-8(2)16-7-9(14)6-11(16)12(17)15-10(13(18)19)4-5-20-3/h6-8,10H,4-5H2,1-3H3,(H,15,17)(H,18,19)/t10-/m0/s1. The summed E-state index contributed by atoms with van der Waals surface area (Å²) in [6.45, 7) is 3.93. The number of nitrogens with zero attached hydrogens (tertiary/aromatic N) is 1. The van der Waals surface area contributed by atoms with Gasteiger partial charge in [-0.2, -0.15) is 11.8 Å². The molecule has 1 atom stereocenters. The van der Waals surface area contributed by atoms with E-state index in [2.05, 4.69) is 21.2 Å². The Hall–Kier alpha value is -0.950. The summed E-state index contributed by atoms with van der Waals surface area (Å²) < 4.78 is 2.61. The first-order valence-electron chi connectivity index (χ1n) is 6.26. The summed E-state index contributed by atoms with van der Waals surface area (Å²) in [5, 5.41) is 11.7. The molecule has 0 aromatic carbocycles. The zero-order valence-electron chi connectivity index (χ0n) is 11.7. The van der Waals surface area contributed by atoms with Gasteiger partial charge in [-0.15, -0.1) is 0 Å². The van der Waals surface area contributed by atoms with Gasteiger partial charge in [0.25, 0.3) is 5.91 Å². The third-order valence-corrected chi connectivity index (χ3v) is 3.90. The average molecular weight is 363 g/mol. The van der Waals surface area contributed by atoms with E-state index in [0.29, 0.717) is 17.9 Å². The summed E-state index contributed by atoms with van der Waals surface area (Å²) in [6.07, 6.45) is 4.13. The van der Waals surface area contributed by atoms with E-state index in [1.165, 1.54) is 0 Å². The second kappa shape index (κ2) is 7.73. The molecular weight excluding hydrogens is 344 g/mol. The van der Waals surface area contributed by atoms with Crippen LogP contribution in [0.25, 0.3) is 0 Å². The van der Waals surface area contributed by atoms with Crippen LogP contribution >= 0.6 is 27.7 Å². The van der Waals surface area contributed by atoms with Crippen molar-refractivity contribution in [2.24, 2.45) is 0 Å². The fraction of sp³-hybridized carbons (Fsp3) is 0.538. The molecule has 2 N–H and O–H groups in total. The molecule has 1 aromatic heterocycles. The molecule has 0 unspecified atom stereocenters. The zero-order chi connectivity index (χ0) is 15.3. The number of halogens is 1. The Morgan fingerprint density at radius 2 is 2.15 bits per heavy atom. The quantitative estimate of drug-likeness (QED) is 0.782. The molecule has 1 rings (SSSR count). The third-order valence-electron chi connectivity index (χ3n) is 2.82. The smallest absolute Gasteiger partial charge is 0.326 e. The number of rotatable bonds is 7. The van der Waals surface area contributed by atoms with Gasteiger partial charge in [-0.1, -0.05) is 0 Å². The summed E-state index contributed by atoms with van der Waals surface area (Å²) in [7, 11) is 0. The molecule has 0 saturated heterocycles. The Morgan fingerprint density at radius 1 is 1.50 bits per heavy atom. The molecule has 5 nitrogen and oxygen atoms in total. The predicted octanol–water partition coefficient (Wildman–Crippen LogP) is 2.77. The normalized spacial score (nSPS) is 12.4. The molecule has 1 amide bonds. The molecule has 0 bridgehead atoms. The average Bonchev–Trinajstić information content (AvgIpc) is 2.76. The summed E-state index contributed by atoms with van der Waals surface area (Å²) in [4.78, 5) is 23.4. The van der Waals surface area contributed by atoms with Crippen LogP contribution in [-0.2, 0) is 4.79 Å². The van der Waals surface area contributed by atoms with Gasteiger partial charge in [-0.3, -0.25) is 4.79 Å². The summed E-state index contributed by atoms with van der Waals surface area (Å²) in [5.41, 5.74) is 0.460. The highest BCUT2D eigenvalue weighted by Crippen LogP contribution is 2.19. The van der Waals surface area contributed by atoms with E-state index in [1.807, 2.05) is 30.9 Å². The van der Waals surface area contributed by atoms with E-state index < -0.39 is 12.0 Å². The first-order chi connectivity index (χ1) is 9.36. The summed E-state index contributed by atoms with van der Waals surface area (Å²) in [5.74, 6) is -0.682. The highest BCUT2D eigenvalue weighted by Gasteiger charge is 2.22. The maximum absolute atomic E-state index is 12.2. The van der Waals surface area contributed by atoms with Crippen LogP contribution in [-0.4, -0.2) is 39.6 Å². The first kappa shape index (κ1) is 17.1. The first-order valence-corrected chi connectivity index (χ1v) is 8.45. The van der Waals surface area contributed by atoms with Gasteiger partial charge in [0, 0.05) is 16.7 Å². The monoisotopic (exact) mass is 362 g/mol. The molecule has 1 heterocycles. The molecule has 0 aliphatic rings. The van der Waals surface area contributed by atoms with Gasteiger partial charge in [0.15, 0.2) is 0 Å². The molecule has 112 valence electrons. The van der Waals surface area contributed by atoms with Crippen molar-refractivity contribution in [1.29, 1.82) is 0 Å². The van der Waals surface area contributed by atoms with Gasteiger partial charge < -0.3 is 15.0 Å². The van der Waals surface area contributed by atoms with E-state index in [4.69, 9.17) is 5.11 Å². The predicted molar refractivity (Wildman–Crippen MR) is 84.4 cm³/mol. The van der Waals surface area contributed by atoms with Crippen molar-refractivity contribution in [2.45, 2.75) is 32.4 Å². The second-order valence-corrected chi connectivity index (χ2v) is 6.59. The molecule has 0 spiro atoms. The van der Waals surface area contributed by atoms with Crippen LogP contribution in [0.1, 0.15) is 36.8 Å². The van der Waals surface area contributed by atoms with Crippen molar-refractivity contribution in [3.63, 3.8) is 0 Å². The van der Waals surface area contributed by atoms with Gasteiger partial charge in [0.2, 0.25) is 0 Å². The number of hydrogen-bond donors (Lipinski definition) is 2. The number of amides is 1. The zero-order valence-corrected chi connectivity index (χ0v) is 14.1.